The molecular weight excluding hydrogens is 447 g/mol. The van der Waals surface area contributed by atoms with Crippen LogP contribution in [-0.4, -0.2) is 49.9 Å². The number of carbonyl (C=O) groups excluding carboxylic acids is 1. The van der Waals surface area contributed by atoms with Crippen LogP contribution < -0.4 is 10.6 Å². The molecule has 0 radical (unpaired) electrons. The lowest BCUT2D eigenvalue weighted by Crippen LogP contribution is -2.46. The van der Waals surface area contributed by atoms with Crippen LogP contribution in [0.25, 0.3) is 11.3 Å². The Morgan fingerprint density at radius 2 is 1.97 bits per heavy atom. The van der Waals surface area contributed by atoms with Gasteiger partial charge in [-0.3, -0.25) is 4.68 Å². The predicted molar refractivity (Wildman–Crippen MR) is 121 cm³/mol. The average molecular weight is 474 g/mol. The van der Waals surface area contributed by atoms with Crippen LogP contribution in [0.2, 0.25) is 0 Å². The molecule has 0 saturated carbocycles. The van der Waals surface area contributed by atoms with Gasteiger partial charge in [-0.2, -0.15) is 18.3 Å². The molecule has 180 valence electrons. The summed E-state index contributed by atoms with van der Waals surface area (Å²) >= 11 is 0. The van der Waals surface area contributed by atoms with E-state index < -0.39 is 12.1 Å². The van der Waals surface area contributed by atoms with E-state index in [0.29, 0.717) is 12.5 Å². The number of anilines is 2. The second kappa shape index (κ2) is 9.70. The van der Waals surface area contributed by atoms with Crippen molar-refractivity contribution in [3.8, 4) is 11.3 Å². The fourth-order valence-corrected chi connectivity index (χ4v) is 3.94. The molecule has 1 aliphatic rings. The van der Waals surface area contributed by atoms with Crippen molar-refractivity contribution >= 4 is 17.7 Å². The fraction of sp³-hybridized carbons (Fsp3) is 0.391. The molecule has 1 fully saturated rings. The van der Waals surface area contributed by atoms with Gasteiger partial charge in [0.1, 0.15) is 0 Å². The molecule has 2 N–H and O–H groups in total. The number of piperidine rings is 1. The van der Waals surface area contributed by atoms with Crippen molar-refractivity contribution < 1.29 is 18.0 Å². The lowest BCUT2D eigenvalue weighted by atomic mass is 9.96. The van der Waals surface area contributed by atoms with Crippen molar-refractivity contribution in [2.24, 2.45) is 13.0 Å². The summed E-state index contributed by atoms with van der Waals surface area (Å²) in [5.41, 5.74) is 4.31. The van der Waals surface area contributed by atoms with E-state index in [0.717, 1.165) is 28.1 Å². The monoisotopic (exact) mass is 473 g/mol. The minimum Gasteiger partial charge on any atom is -0.334 e. The molecule has 0 bridgehead atoms. The van der Waals surface area contributed by atoms with Gasteiger partial charge in [0.15, 0.2) is 0 Å². The molecular formula is C23H26F3N7O. The van der Waals surface area contributed by atoms with Crippen molar-refractivity contribution in [2.75, 3.05) is 18.4 Å². The highest BCUT2D eigenvalue weighted by atomic mass is 19.4. The number of carbonyl (C=O) groups is 1. The molecule has 11 heteroatoms. The number of nitrogens with zero attached hydrogens (tertiary/aromatic N) is 5. The summed E-state index contributed by atoms with van der Waals surface area (Å²) in [4.78, 5) is 22.7. The van der Waals surface area contributed by atoms with Crippen LogP contribution >= 0.6 is 0 Å². The number of benzene rings is 1. The number of halogens is 3. The summed E-state index contributed by atoms with van der Waals surface area (Å²) in [6, 6.07) is 7.28. The number of likely N-dealkylation sites (tertiary alicyclic amines) is 1. The number of alkyl halides is 3. The van der Waals surface area contributed by atoms with Crippen LogP contribution in [0.5, 0.6) is 0 Å². The van der Waals surface area contributed by atoms with Gasteiger partial charge in [-0.15, -0.1) is 0 Å². The predicted octanol–water partition coefficient (Wildman–Crippen LogP) is 4.41. The minimum absolute atomic E-state index is 0.0544. The largest absolute Gasteiger partial charge is 0.391 e. The molecule has 0 atom stereocenters. The molecule has 34 heavy (non-hydrogen) atoms. The zero-order valence-corrected chi connectivity index (χ0v) is 18.9. The Morgan fingerprint density at radius 1 is 1.21 bits per heavy atom. The molecule has 0 unspecified atom stereocenters. The molecule has 4 rings (SSSR count). The van der Waals surface area contributed by atoms with Crippen LogP contribution in [0, 0.1) is 12.8 Å². The maximum atomic E-state index is 12.8. The number of hydrogen-bond donors (Lipinski definition) is 2. The van der Waals surface area contributed by atoms with Crippen molar-refractivity contribution in [1.82, 2.24) is 30.0 Å². The molecule has 0 spiro atoms. The van der Waals surface area contributed by atoms with Gasteiger partial charge in [0.2, 0.25) is 5.95 Å². The van der Waals surface area contributed by atoms with E-state index in [1.54, 1.807) is 17.1 Å². The smallest absolute Gasteiger partial charge is 0.334 e. The normalized spacial score (nSPS) is 14.8. The Bertz CT molecular complexity index is 1150. The number of amides is 2. The van der Waals surface area contributed by atoms with Gasteiger partial charge < -0.3 is 15.5 Å². The number of rotatable bonds is 5. The summed E-state index contributed by atoms with van der Waals surface area (Å²) in [5.74, 6) is -0.873. The first-order valence-electron chi connectivity index (χ1n) is 11.0. The summed E-state index contributed by atoms with van der Waals surface area (Å²) in [5, 5.41) is 10.0. The first-order valence-corrected chi connectivity index (χ1v) is 11.0. The number of aromatic nitrogens is 4. The lowest BCUT2D eigenvalue weighted by molar-refractivity contribution is -0.183. The second-order valence-corrected chi connectivity index (χ2v) is 8.40. The van der Waals surface area contributed by atoms with E-state index >= 15 is 0 Å². The van der Waals surface area contributed by atoms with E-state index in [-0.39, 0.29) is 32.0 Å². The highest BCUT2D eigenvalue weighted by Crippen LogP contribution is 2.34. The maximum Gasteiger partial charge on any atom is 0.391 e. The van der Waals surface area contributed by atoms with Crippen LogP contribution in [0.15, 0.2) is 42.9 Å². The summed E-state index contributed by atoms with van der Waals surface area (Å²) in [7, 11) is 1.82. The molecule has 2 aromatic heterocycles. The standard InChI is InChI=1S/C23H26F3N7O/c1-15-11-16(20-5-8-27-21(31-20)30-19-13-29-32(2)14-19)3-4-17(15)12-28-22(34)33-9-6-18(7-10-33)23(24,25)26/h3-5,8,11,13-14,18H,6-7,9-10,12H2,1-2H3,(H,28,34)(H,27,30,31). The Kier molecular flexibility index (Phi) is 6.71. The molecule has 0 aliphatic carbocycles. The SMILES string of the molecule is Cc1cc(-c2ccnc(Nc3cnn(C)c3)n2)ccc1CNC(=O)N1CCC(C(F)(F)F)CC1. The van der Waals surface area contributed by atoms with Crippen LogP contribution in [-0.2, 0) is 13.6 Å². The average Bonchev–Trinajstić information content (AvgIpc) is 3.22. The number of urea groups is 1. The Morgan fingerprint density at radius 3 is 2.62 bits per heavy atom. The van der Waals surface area contributed by atoms with Gasteiger partial charge in [0.25, 0.3) is 0 Å². The van der Waals surface area contributed by atoms with E-state index in [4.69, 9.17) is 0 Å². The quantitative estimate of drug-likeness (QED) is 0.573. The van der Waals surface area contributed by atoms with Crippen LogP contribution in [0.3, 0.4) is 0 Å². The third-order valence-corrected chi connectivity index (χ3v) is 5.93. The van der Waals surface area contributed by atoms with Gasteiger partial charge >= 0.3 is 12.2 Å². The second-order valence-electron chi connectivity index (χ2n) is 8.40. The molecule has 1 aromatic carbocycles. The zero-order chi connectivity index (χ0) is 24.3. The minimum atomic E-state index is -4.19. The van der Waals surface area contributed by atoms with Crippen LogP contribution in [0.4, 0.5) is 29.6 Å². The first-order chi connectivity index (χ1) is 16.2. The van der Waals surface area contributed by atoms with E-state index in [2.05, 4.69) is 25.7 Å². The number of nitrogens with one attached hydrogen (secondary N) is 2. The van der Waals surface area contributed by atoms with Gasteiger partial charge in [0.05, 0.1) is 23.5 Å². The van der Waals surface area contributed by atoms with Gasteiger partial charge in [0, 0.05) is 44.6 Å². The Labute approximate surface area is 195 Å². The van der Waals surface area contributed by atoms with Crippen molar-refractivity contribution in [1.29, 1.82) is 0 Å². The molecule has 3 heterocycles. The molecule has 8 nitrogen and oxygen atoms in total. The molecule has 1 aliphatic heterocycles. The highest BCUT2D eigenvalue weighted by Gasteiger charge is 2.41. The van der Waals surface area contributed by atoms with Gasteiger partial charge in [-0.25, -0.2) is 14.8 Å². The van der Waals surface area contributed by atoms with Crippen molar-refractivity contribution in [2.45, 2.75) is 32.5 Å². The topological polar surface area (TPSA) is 88.0 Å². The lowest BCUT2D eigenvalue weighted by Gasteiger charge is -2.32. The number of hydrogen-bond acceptors (Lipinski definition) is 5. The van der Waals surface area contributed by atoms with Crippen molar-refractivity contribution in [3.05, 3.63) is 54.0 Å². The maximum absolute atomic E-state index is 12.8. The van der Waals surface area contributed by atoms with Gasteiger partial charge in [-0.1, -0.05) is 12.1 Å². The fourth-order valence-electron chi connectivity index (χ4n) is 3.94. The molecule has 3 aromatic rings. The Balaban J connectivity index is 1.35. The molecule has 2 amide bonds. The first kappa shape index (κ1) is 23.5. The highest BCUT2D eigenvalue weighted by molar-refractivity contribution is 5.74. The van der Waals surface area contributed by atoms with Crippen LogP contribution in [0.1, 0.15) is 24.0 Å². The summed E-state index contributed by atoms with van der Waals surface area (Å²) < 4.78 is 40.2. The third kappa shape index (κ3) is 5.64. The molecule has 1 saturated heterocycles. The number of aryl methyl sites for hydroxylation is 2. The summed E-state index contributed by atoms with van der Waals surface area (Å²) in [6.45, 7) is 2.45. The zero-order valence-electron chi connectivity index (χ0n) is 18.9. The van der Waals surface area contributed by atoms with E-state index in [1.165, 1.54) is 4.90 Å². The van der Waals surface area contributed by atoms with E-state index in [9.17, 15) is 18.0 Å². The summed E-state index contributed by atoms with van der Waals surface area (Å²) in [6.07, 6.45) is 0.874. The van der Waals surface area contributed by atoms with E-state index in [1.807, 2.05) is 44.4 Å². The Hall–Kier alpha value is -3.63. The van der Waals surface area contributed by atoms with Crippen molar-refractivity contribution in [3.63, 3.8) is 0 Å². The van der Waals surface area contributed by atoms with Gasteiger partial charge in [-0.05, 0) is 43.0 Å². The third-order valence-electron chi connectivity index (χ3n) is 5.93.